The number of nitrogens with two attached hydrogens (primary N) is 1. The molecule has 6 nitrogen and oxygen atoms in total. The molecular formula is C13H13BrN4O2. The summed E-state index contributed by atoms with van der Waals surface area (Å²) in [5.74, 6) is -0.0705. The van der Waals surface area contributed by atoms with Gasteiger partial charge in [0.2, 0.25) is 5.95 Å². The molecule has 2 rings (SSSR count). The van der Waals surface area contributed by atoms with Crippen molar-refractivity contribution in [1.29, 1.82) is 0 Å². The summed E-state index contributed by atoms with van der Waals surface area (Å²) in [6.45, 7) is 1.84. The number of esters is 1. The topological polar surface area (TPSA) is 82.5 Å². The number of aryl methyl sites for hydroxylation is 1. The number of aromatic nitrogens is 2. The molecule has 0 spiro atoms. The Kier molecular flexibility index (Phi) is 4.19. The Bertz CT molecular complexity index is 679. The van der Waals surface area contributed by atoms with E-state index in [1.165, 1.54) is 11.8 Å². The second-order valence-corrected chi connectivity index (χ2v) is 4.91. The second-order valence-electron chi connectivity index (χ2n) is 4.06. The van der Waals surface area contributed by atoms with Gasteiger partial charge in [0.15, 0.2) is 0 Å². The monoisotopic (exact) mass is 336 g/mol. The molecule has 0 aliphatic heterocycles. The molecule has 2 N–H and O–H groups in total. The van der Waals surface area contributed by atoms with Gasteiger partial charge >= 0.3 is 5.97 Å². The molecule has 0 saturated heterocycles. The number of carbonyl (C=O) groups excluding carboxylic acids is 1. The fraction of sp³-hybridized carbons (Fsp3) is 0.154. The van der Waals surface area contributed by atoms with Crippen molar-refractivity contribution in [2.24, 2.45) is 5.10 Å². The highest BCUT2D eigenvalue weighted by Crippen LogP contribution is 2.19. The standard InChI is InChI=1S/C13H13BrN4O2/c1-8-7-18(13(15)17-8)16-6-9-3-4-10(11(14)5-9)12(19)20-2/h3-7H,1-2H3,(H2,15,17). The molecule has 0 aliphatic carbocycles. The van der Waals surface area contributed by atoms with Crippen LogP contribution >= 0.6 is 15.9 Å². The van der Waals surface area contributed by atoms with Crippen LogP contribution in [0.25, 0.3) is 0 Å². The maximum Gasteiger partial charge on any atom is 0.339 e. The summed E-state index contributed by atoms with van der Waals surface area (Å²) < 4.78 is 6.80. The van der Waals surface area contributed by atoms with Crippen LogP contribution in [0.4, 0.5) is 5.95 Å². The molecule has 1 aromatic heterocycles. The second kappa shape index (κ2) is 5.87. The van der Waals surface area contributed by atoms with Gasteiger partial charge in [0.05, 0.1) is 30.8 Å². The highest BCUT2D eigenvalue weighted by atomic mass is 79.9. The third-order valence-corrected chi connectivity index (χ3v) is 3.22. The molecule has 0 radical (unpaired) electrons. The molecular weight excluding hydrogens is 324 g/mol. The van der Waals surface area contributed by atoms with Crippen LogP contribution in [0, 0.1) is 6.92 Å². The summed E-state index contributed by atoms with van der Waals surface area (Å²) in [7, 11) is 1.34. The first kappa shape index (κ1) is 14.3. The van der Waals surface area contributed by atoms with Crippen molar-refractivity contribution < 1.29 is 9.53 Å². The zero-order valence-corrected chi connectivity index (χ0v) is 12.6. The fourth-order valence-electron chi connectivity index (χ4n) is 1.61. The highest BCUT2D eigenvalue weighted by molar-refractivity contribution is 9.10. The van der Waals surface area contributed by atoms with Crippen LogP contribution in [0.3, 0.4) is 0 Å². The van der Waals surface area contributed by atoms with E-state index in [1.807, 2.05) is 6.92 Å². The lowest BCUT2D eigenvalue weighted by Gasteiger charge is -2.03. The minimum Gasteiger partial charge on any atom is -0.465 e. The van der Waals surface area contributed by atoms with Crippen molar-refractivity contribution in [3.05, 3.63) is 45.7 Å². The Morgan fingerprint density at radius 2 is 2.30 bits per heavy atom. The maximum absolute atomic E-state index is 11.5. The van der Waals surface area contributed by atoms with Gasteiger partial charge in [-0.05, 0) is 40.5 Å². The first-order valence-electron chi connectivity index (χ1n) is 5.75. The van der Waals surface area contributed by atoms with E-state index in [9.17, 15) is 4.79 Å². The first-order valence-corrected chi connectivity index (χ1v) is 6.54. The van der Waals surface area contributed by atoms with Gasteiger partial charge in [-0.25, -0.2) is 14.5 Å². The van der Waals surface area contributed by atoms with E-state index in [0.29, 0.717) is 16.0 Å². The van der Waals surface area contributed by atoms with Gasteiger partial charge in [-0.3, -0.25) is 0 Å². The maximum atomic E-state index is 11.5. The first-order chi connectivity index (χ1) is 9.51. The lowest BCUT2D eigenvalue weighted by molar-refractivity contribution is 0.0599. The SMILES string of the molecule is COC(=O)c1ccc(C=Nn2cc(C)nc2N)cc1Br. The van der Waals surface area contributed by atoms with Gasteiger partial charge < -0.3 is 10.5 Å². The Morgan fingerprint density at radius 1 is 1.55 bits per heavy atom. The van der Waals surface area contributed by atoms with Crippen LogP contribution < -0.4 is 5.73 Å². The number of nitrogens with zero attached hydrogens (tertiary/aromatic N) is 3. The summed E-state index contributed by atoms with van der Waals surface area (Å²) in [5, 5.41) is 4.20. The van der Waals surface area contributed by atoms with E-state index in [-0.39, 0.29) is 0 Å². The minimum atomic E-state index is -0.394. The minimum absolute atomic E-state index is 0.323. The van der Waals surface area contributed by atoms with E-state index in [1.54, 1.807) is 30.6 Å². The number of carbonyl (C=O) groups is 1. The van der Waals surface area contributed by atoms with Crippen LogP contribution in [0.1, 0.15) is 21.6 Å². The molecule has 20 heavy (non-hydrogen) atoms. The van der Waals surface area contributed by atoms with Crippen molar-refractivity contribution in [3.63, 3.8) is 0 Å². The van der Waals surface area contributed by atoms with Gasteiger partial charge in [0, 0.05) is 4.47 Å². The van der Waals surface area contributed by atoms with E-state index in [4.69, 9.17) is 5.73 Å². The molecule has 7 heteroatoms. The van der Waals surface area contributed by atoms with E-state index >= 15 is 0 Å². The Balaban J connectivity index is 2.24. The predicted octanol–water partition coefficient (Wildman–Crippen LogP) is 2.21. The molecule has 0 aliphatic rings. The smallest absolute Gasteiger partial charge is 0.339 e. The Hall–Kier alpha value is -2.15. The van der Waals surface area contributed by atoms with Gasteiger partial charge in [-0.1, -0.05) is 6.07 Å². The number of imidazole rings is 1. The zero-order chi connectivity index (χ0) is 14.7. The van der Waals surface area contributed by atoms with Crippen molar-refractivity contribution in [2.45, 2.75) is 6.92 Å². The number of ether oxygens (including phenoxy) is 1. The van der Waals surface area contributed by atoms with Crippen molar-refractivity contribution in [2.75, 3.05) is 12.8 Å². The summed E-state index contributed by atoms with van der Waals surface area (Å²) in [4.78, 5) is 15.5. The molecule has 0 amide bonds. The number of nitrogen functional groups attached to an aromatic ring is 1. The predicted molar refractivity (Wildman–Crippen MR) is 79.8 cm³/mol. The lowest BCUT2D eigenvalue weighted by atomic mass is 10.1. The molecule has 0 bridgehead atoms. The Labute approximate surface area is 124 Å². The summed E-state index contributed by atoms with van der Waals surface area (Å²) in [6, 6.07) is 5.20. The van der Waals surface area contributed by atoms with Crippen molar-refractivity contribution >= 4 is 34.1 Å². The van der Waals surface area contributed by atoms with Crippen LogP contribution in [0.2, 0.25) is 0 Å². The van der Waals surface area contributed by atoms with Gasteiger partial charge in [-0.15, -0.1) is 0 Å². The number of methoxy groups -OCH3 is 1. The third-order valence-electron chi connectivity index (χ3n) is 2.56. The Morgan fingerprint density at radius 3 is 2.85 bits per heavy atom. The molecule has 1 heterocycles. The average molecular weight is 337 g/mol. The molecule has 0 saturated carbocycles. The number of anilines is 1. The summed E-state index contributed by atoms with van der Waals surface area (Å²) in [6.07, 6.45) is 3.35. The van der Waals surface area contributed by atoms with E-state index in [0.717, 1.165) is 11.3 Å². The lowest BCUT2D eigenvalue weighted by Crippen LogP contribution is -2.02. The summed E-state index contributed by atoms with van der Waals surface area (Å²) in [5.41, 5.74) is 7.75. The molecule has 1 aromatic carbocycles. The van der Waals surface area contributed by atoms with Crippen LogP contribution in [-0.4, -0.2) is 29.0 Å². The third kappa shape index (κ3) is 3.05. The molecule has 2 aromatic rings. The summed E-state index contributed by atoms with van der Waals surface area (Å²) >= 11 is 3.33. The van der Waals surface area contributed by atoms with Crippen molar-refractivity contribution in [1.82, 2.24) is 9.66 Å². The van der Waals surface area contributed by atoms with E-state index < -0.39 is 5.97 Å². The number of rotatable bonds is 3. The van der Waals surface area contributed by atoms with Crippen molar-refractivity contribution in [3.8, 4) is 0 Å². The zero-order valence-electron chi connectivity index (χ0n) is 11.0. The largest absolute Gasteiger partial charge is 0.465 e. The normalized spacial score (nSPS) is 10.9. The van der Waals surface area contributed by atoms with Gasteiger partial charge in [-0.2, -0.15) is 5.10 Å². The van der Waals surface area contributed by atoms with Crippen LogP contribution in [0.5, 0.6) is 0 Å². The quantitative estimate of drug-likeness (QED) is 0.688. The fourth-order valence-corrected chi connectivity index (χ4v) is 2.17. The van der Waals surface area contributed by atoms with Gasteiger partial charge in [0.25, 0.3) is 0 Å². The number of hydrogen-bond acceptors (Lipinski definition) is 5. The molecule has 0 atom stereocenters. The number of hydrogen-bond donors (Lipinski definition) is 1. The highest BCUT2D eigenvalue weighted by Gasteiger charge is 2.09. The molecule has 0 unspecified atom stereocenters. The average Bonchev–Trinajstić information content (AvgIpc) is 2.74. The number of benzene rings is 1. The number of halogens is 1. The van der Waals surface area contributed by atoms with Crippen LogP contribution in [0.15, 0.2) is 34.0 Å². The van der Waals surface area contributed by atoms with Crippen LogP contribution in [-0.2, 0) is 4.74 Å². The molecule has 104 valence electrons. The van der Waals surface area contributed by atoms with E-state index in [2.05, 4.69) is 30.8 Å². The van der Waals surface area contributed by atoms with Gasteiger partial charge in [0.1, 0.15) is 0 Å². The molecule has 0 fully saturated rings.